The van der Waals surface area contributed by atoms with E-state index in [9.17, 15) is 0 Å². The van der Waals surface area contributed by atoms with Gasteiger partial charge in [-0.05, 0) is 85.2 Å². The summed E-state index contributed by atoms with van der Waals surface area (Å²) in [5.41, 5.74) is 5.61. The summed E-state index contributed by atoms with van der Waals surface area (Å²) in [6.07, 6.45) is 1.83. The SMILES string of the molecule is [2H]C([2H])([2H])c1cc(-c2cccc(-c3cc(C([2H])([2H])[2H])cc(C([2H])([2H])[2H])c3)c2N2[CH-]N(c3[c-]c(Oc4[c-]c5c(cc4)c4ccccc4n5-c4cc(C(C)(C)C)ccn4)ccc3)c3ccccc32)cc(C([2H])([2H])[2H])c1.[Pt]. The predicted molar refractivity (Wildman–Crippen MR) is 253 cm³/mol. The van der Waals surface area contributed by atoms with Crippen LogP contribution >= 0.6 is 0 Å². The van der Waals surface area contributed by atoms with Crippen LogP contribution in [0.4, 0.5) is 22.7 Å². The minimum absolute atomic E-state index is 0. The van der Waals surface area contributed by atoms with Gasteiger partial charge in [0, 0.05) is 88.9 Å². The number of hydrogen-bond donors (Lipinski definition) is 0. The molecular formula is C56H47N4OPt-3. The van der Waals surface area contributed by atoms with Gasteiger partial charge < -0.3 is 19.1 Å². The number of benzene rings is 7. The molecule has 0 unspecified atom stereocenters. The van der Waals surface area contributed by atoms with Crippen molar-refractivity contribution in [3.63, 3.8) is 0 Å². The van der Waals surface area contributed by atoms with Gasteiger partial charge in [0.2, 0.25) is 0 Å². The smallest absolute Gasteiger partial charge is 0.135 e. The molecule has 7 aromatic carbocycles. The van der Waals surface area contributed by atoms with Gasteiger partial charge in [-0.25, -0.2) is 4.98 Å². The molecule has 0 fully saturated rings. The van der Waals surface area contributed by atoms with Crippen molar-refractivity contribution in [1.82, 2.24) is 9.55 Å². The molecule has 2 aromatic heterocycles. The van der Waals surface area contributed by atoms with E-state index in [1.807, 2.05) is 82.7 Å². The van der Waals surface area contributed by atoms with Gasteiger partial charge in [0.15, 0.2) is 0 Å². The Kier molecular flexibility index (Phi) is 7.54. The Bertz CT molecular complexity index is 3450. The monoisotopic (exact) mass is 998 g/mol. The van der Waals surface area contributed by atoms with E-state index >= 15 is 0 Å². The summed E-state index contributed by atoms with van der Waals surface area (Å²) in [5.74, 6) is 1.57. The Morgan fingerprint density at radius 1 is 0.597 bits per heavy atom. The van der Waals surface area contributed by atoms with Crippen molar-refractivity contribution in [2.75, 3.05) is 9.80 Å². The molecule has 62 heavy (non-hydrogen) atoms. The average molecular weight is 999 g/mol. The van der Waals surface area contributed by atoms with Gasteiger partial charge in [0.25, 0.3) is 0 Å². The van der Waals surface area contributed by atoms with E-state index in [0.29, 0.717) is 45.4 Å². The first-order chi connectivity index (χ1) is 34.3. The van der Waals surface area contributed by atoms with Crippen LogP contribution in [0.15, 0.2) is 152 Å². The summed E-state index contributed by atoms with van der Waals surface area (Å²) in [7, 11) is 0. The Hall–Kier alpha value is -6.42. The third kappa shape index (κ3) is 7.49. The summed E-state index contributed by atoms with van der Waals surface area (Å²) in [6.45, 7) is -2.43. The van der Waals surface area contributed by atoms with Gasteiger partial charge in [0.1, 0.15) is 5.82 Å². The van der Waals surface area contributed by atoms with Crippen LogP contribution in [0.25, 0.3) is 49.9 Å². The van der Waals surface area contributed by atoms with E-state index < -0.39 is 27.4 Å². The summed E-state index contributed by atoms with van der Waals surface area (Å²) >= 11 is 0. The molecule has 5 nitrogen and oxygen atoms in total. The van der Waals surface area contributed by atoms with Gasteiger partial charge in [-0.3, -0.25) is 0 Å². The average Bonchev–Trinajstić information content (AvgIpc) is 3.88. The van der Waals surface area contributed by atoms with Gasteiger partial charge in [-0.2, -0.15) is 12.1 Å². The molecule has 0 spiro atoms. The fourth-order valence-corrected chi connectivity index (χ4v) is 8.25. The Morgan fingerprint density at radius 3 is 1.87 bits per heavy atom. The first-order valence-electron chi connectivity index (χ1n) is 25.9. The fraction of sp³-hybridized carbons (Fsp3) is 0.143. The maximum atomic E-state index is 8.33. The molecule has 1 aliphatic heterocycles. The fourth-order valence-electron chi connectivity index (χ4n) is 8.25. The molecule has 0 N–H and O–H groups in total. The van der Waals surface area contributed by atoms with Crippen molar-refractivity contribution in [1.29, 1.82) is 0 Å². The van der Waals surface area contributed by atoms with Crippen LogP contribution in [0.5, 0.6) is 11.5 Å². The number of pyridine rings is 1. The van der Waals surface area contributed by atoms with Crippen LogP contribution < -0.4 is 14.5 Å². The van der Waals surface area contributed by atoms with E-state index in [1.165, 1.54) is 24.3 Å². The molecule has 0 bridgehead atoms. The Balaban J connectivity index is 0.00000672. The number of nitrogens with zero attached hydrogens (tertiary/aromatic N) is 4. The molecule has 6 heteroatoms. The molecule has 1 aliphatic rings. The Labute approximate surface area is 396 Å². The van der Waals surface area contributed by atoms with Crippen LogP contribution in [-0.2, 0) is 26.5 Å². The number of para-hydroxylation sites is 4. The van der Waals surface area contributed by atoms with Crippen LogP contribution in [0.3, 0.4) is 0 Å². The third-order valence-electron chi connectivity index (χ3n) is 11.0. The summed E-state index contributed by atoms with van der Waals surface area (Å²) in [4.78, 5) is 8.54. The number of anilines is 4. The van der Waals surface area contributed by atoms with E-state index in [1.54, 1.807) is 30.9 Å². The normalized spacial score (nSPS) is 16.2. The largest absolute Gasteiger partial charge is 0.509 e. The summed E-state index contributed by atoms with van der Waals surface area (Å²) < 4.78 is 109. The van der Waals surface area contributed by atoms with Gasteiger partial charge in [-0.15, -0.1) is 48.1 Å². The molecule has 0 amide bonds. The first kappa shape index (κ1) is 29.0. The maximum absolute atomic E-state index is 8.33. The predicted octanol–water partition coefficient (Wildman–Crippen LogP) is 14.8. The molecular weight excluding hydrogens is 940 g/mol. The van der Waals surface area contributed by atoms with Crippen LogP contribution in [0.1, 0.15) is 65.0 Å². The Morgan fingerprint density at radius 2 is 1.21 bits per heavy atom. The minimum atomic E-state index is -2.68. The van der Waals surface area contributed by atoms with Gasteiger partial charge in [0.05, 0.1) is 0 Å². The second-order valence-electron chi connectivity index (χ2n) is 16.2. The summed E-state index contributed by atoms with van der Waals surface area (Å²) in [5, 5.41) is 2.02. The molecule has 0 saturated carbocycles. The van der Waals surface area contributed by atoms with E-state index in [-0.39, 0.29) is 59.9 Å². The van der Waals surface area contributed by atoms with Gasteiger partial charge in [-0.1, -0.05) is 133 Å². The number of fused-ring (bicyclic) bond motifs is 4. The van der Waals surface area contributed by atoms with Crippen LogP contribution in [-0.4, -0.2) is 9.55 Å². The van der Waals surface area contributed by atoms with Crippen molar-refractivity contribution < 1.29 is 42.3 Å². The van der Waals surface area contributed by atoms with Crippen molar-refractivity contribution >= 4 is 44.6 Å². The van der Waals surface area contributed by atoms with E-state index in [4.69, 9.17) is 26.2 Å². The zero-order valence-corrected chi connectivity index (χ0v) is 36.3. The number of aromatic nitrogens is 2. The molecule has 310 valence electrons. The first-order valence-corrected chi connectivity index (χ1v) is 19.9. The molecule has 0 aliphatic carbocycles. The minimum Gasteiger partial charge on any atom is -0.509 e. The molecule has 10 rings (SSSR count). The number of aryl methyl sites for hydroxylation is 4. The summed E-state index contributed by atoms with van der Waals surface area (Å²) in [6, 6.07) is 49.3. The molecule has 3 heterocycles. The maximum Gasteiger partial charge on any atom is 0.135 e. The second kappa shape index (κ2) is 16.1. The van der Waals surface area contributed by atoms with Crippen molar-refractivity contribution in [2.24, 2.45) is 0 Å². The number of rotatable bonds is 7. The number of hydrogen-bond acceptors (Lipinski definition) is 4. The van der Waals surface area contributed by atoms with E-state index in [2.05, 4.69) is 55.7 Å². The zero-order valence-electron chi connectivity index (χ0n) is 46.0. The zero-order chi connectivity index (χ0) is 52.0. The van der Waals surface area contributed by atoms with Gasteiger partial charge >= 0.3 is 0 Å². The number of ether oxygens (including phenoxy) is 1. The molecule has 9 aromatic rings. The van der Waals surface area contributed by atoms with E-state index in [0.717, 1.165) is 45.3 Å². The van der Waals surface area contributed by atoms with Crippen molar-refractivity contribution in [2.45, 2.75) is 53.6 Å². The quantitative estimate of drug-likeness (QED) is 0.149. The molecule has 0 atom stereocenters. The molecule has 0 saturated heterocycles. The van der Waals surface area contributed by atoms with Crippen molar-refractivity contribution in [3.8, 4) is 39.6 Å². The topological polar surface area (TPSA) is 33.5 Å². The van der Waals surface area contributed by atoms with Crippen LogP contribution in [0.2, 0.25) is 0 Å². The third-order valence-corrected chi connectivity index (χ3v) is 11.0. The molecule has 0 radical (unpaired) electrons. The second-order valence-corrected chi connectivity index (χ2v) is 16.2. The standard InChI is InChI=1S/C56H47N4O.Pt/c1-36-26-37(2)29-40(28-36)46-17-13-18-47(41-30-38(3)27-39(4)31-41)55(46)59-35-58(51-20-10-11-21-52(51)59)43-14-12-15-44(33-43)61-45-22-23-49-48-16-8-9-19-50(48)60(53(49)34-45)54-32-42(24-25-57-54)56(5,6)7;/h8-32,35H,1-7H3;/q-3;/i1D3,2D3,3D3,4D3;. The van der Waals surface area contributed by atoms with Crippen LogP contribution in [0, 0.1) is 46.2 Å². The van der Waals surface area contributed by atoms with Crippen molar-refractivity contribution in [3.05, 3.63) is 198 Å².